The van der Waals surface area contributed by atoms with Crippen molar-refractivity contribution in [3.63, 3.8) is 0 Å². The predicted molar refractivity (Wildman–Crippen MR) is 113 cm³/mol. The Morgan fingerprint density at radius 3 is 2.89 bits per heavy atom. The van der Waals surface area contributed by atoms with E-state index in [1.165, 1.54) is 37.3 Å². The number of rotatable bonds is 8. The number of aromatic nitrogens is 1. The van der Waals surface area contributed by atoms with Gasteiger partial charge in [0.25, 0.3) is 5.91 Å². The average molecular weight is 401 g/mol. The molecule has 28 heavy (non-hydrogen) atoms. The van der Waals surface area contributed by atoms with E-state index >= 15 is 0 Å². The van der Waals surface area contributed by atoms with E-state index < -0.39 is 0 Å². The van der Waals surface area contributed by atoms with Crippen LogP contribution in [-0.4, -0.2) is 47.9 Å². The van der Waals surface area contributed by atoms with Crippen LogP contribution in [0, 0.1) is 5.92 Å². The zero-order valence-corrected chi connectivity index (χ0v) is 17.1. The standard InChI is InChI=1S/C21H28N4O2S/c1-16-7-5-11-25(14-16)12-6-10-22-19(26)13-18-15-28-21(23-18)24-20(27)17-8-3-2-4-9-17/h2-4,8-9,15-16H,5-7,10-14H2,1H3,(H,22,26)(H,23,24,27). The molecule has 1 atom stereocenters. The number of thiazole rings is 1. The van der Waals surface area contributed by atoms with E-state index in [4.69, 9.17) is 0 Å². The molecule has 1 unspecified atom stereocenters. The molecule has 0 bridgehead atoms. The van der Waals surface area contributed by atoms with Gasteiger partial charge in [-0.1, -0.05) is 25.1 Å². The highest BCUT2D eigenvalue weighted by Crippen LogP contribution is 2.17. The van der Waals surface area contributed by atoms with Gasteiger partial charge in [0.05, 0.1) is 12.1 Å². The summed E-state index contributed by atoms with van der Waals surface area (Å²) in [5, 5.41) is 8.07. The predicted octanol–water partition coefficient (Wildman–Crippen LogP) is 3.18. The molecule has 0 spiro atoms. The van der Waals surface area contributed by atoms with Crippen molar-refractivity contribution in [3.05, 3.63) is 47.0 Å². The lowest BCUT2D eigenvalue weighted by Gasteiger charge is -2.30. The van der Waals surface area contributed by atoms with Crippen molar-refractivity contribution in [2.45, 2.75) is 32.6 Å². The summed E-state index contributed by atoms with van der Waals surface area (Å²) < 4.78 is 0. The lowest BCUT2D eigenvalue weighted by atomic mass is 10.0. The van der Waals surface area contributed by atoms with Crippen LogP contribution in [0.5, 0.6) is 0 Å². The number of benzene rings is 1. The molecule has 6 nitrogen and oxygen atoms in total. The Hall–Kier alpha value is -2.25. The van der Waals surface area contributed by atoms with Crippen LogP contribution in [0.3, 0.4) is 0 Å². The van der Waals surface area contributed by atoms with Crippen molar-refractivity contribution < 1.29 is 9.59 Å². The zero-order valence-electron chi connectivity index (χ0n) is 16.3. The van der Waals surface area contributed by atoms with Crippen LogP contribution in [-0.2, 0) is 11.2 Å². The molecule has 150 valence electrons. The molecule has 0 aliphatic carbocycles. The SMILES string of the molecule is CC1CCCN(CCCNC(=O)Cc2csc(NC(=O)c3ccccc3)n2)C1. The normalized spacial score (nSPS) is 17.2. The molecule has 0 radical (unpaired) electrons. The number of nitrogens with one attached hydrogen (secondary N) is 2. The third-order valence-corrected chi connectivity index (χ3v) is 5.67. The van der Waals surface area contributed by atoms with Gasteiger partial charge in [-0.25, -0.2) is 4.98 Å². The van der Waals surface area contributed by atoms with Gasteiger partial charge >= 0.3 is 0 Å². The van der Waals surface area contributed by atoms with Crippen LogP contribution in [0.25, 0.3) is 0 Å². The van der Waals surface area contributed by atoms with Gasteiger partial charge in [0, 0.05) is 24.0 Å². The van der Waals surface area contributed by atoms with Crippen molar-refractivity contribution in [2.24, 2.45) is 5.92 Å². The number of nitrogens with zero attached hydrogens (tertiary/aromatic N) is 2. The fraction of sp³-hybridized carbons (Fsp3) is 0.476. The largest absolute Gasteiger partial charge is 0.356 e. The van der Waals surface area contributed by atoms with E-state index in [-0.39, 0.29) is 18.2 Å². The van der Waals surface area contributed by atoms with Crippen molar-refractivity contribution in [1.29, 1.82) is 0 Å². The van der Waals surface area contributed by atoms with E-state index in [9.17, 15) is 9.59 Å². The molecule has 1 fully saturated rings. The van der Waals surface area contributed by atoms with E-state index in [0.717, 1.165) is 18.9 Å². The third kappa shape index (κ3) is 6.42. The summed E-state index contributed by atoms with van der Waals surface area (Å²) in [5.74, 6) is 0.556. The van der Waals surface area contributed by atoms with E-state index in [1.54, 1.807) is 12.1 Å². The van der Waals surface area contributed by atoms with Gasteiger partial charge in [0.15, 0.2) is 5.13 Å². The van der Waals surface area contributed by atoms with Gasteiger partial charge in [-0.15, -0.1) is 11.3 Å². The highest BCUT2D eigenvalue weighted by atomic mass is 32.1. The first kappa shape index (κ1) is 20.5. The molecule has 1 aliphatic rings. The van der Waals surface area contributed by atoms with E-state index in [0.29, 0.717) is 22.9 Å². The number of carbonyl (C=O) groups is 2. The van der Waals surface area contributed by atoms with Crippen molar-refractivity contribution in [2.75, 3.05) is 31.5 Å². The first-order chi connectivity index (χ1) is 13.6. The Kier molecular flexibility index (Phi) is 7.56. The zero-order chi connectivity index (χ0) is 19.8. The van der Waals surface area contributed by atoms with Crippen molar-refractivity contribution in [1.82, 2.24) is 15.2 Å². The van der Waals surface area contributed by atoms with Gasteiger partial charge in [0.2, 0.25) is 5.91 Å². The number of likely N-dealkylation sites (tertiary alicyclic amines) is 1. The topological polar surface area (TPSA) is 74.3 Å². The first-order valence-electron chi connectivity index (χ1n) is 9.90. The molecule has 2 amide bonds. The Balaban J connectivity index is 1.36. The van der Waals surface area contributed by atoms with Crippen LogP contribution in [0.2, 0.25) is 0 Å². The molecule has 1 aromatic carbocycles. The van der Waals surface area contributed by atoms with Gasteiger partial charge in [-0.3, -0.25) is 14.9 Å². The Bertz CT molecular complexity index is 778. The third-order valence-electron chi connectivity index (χ3n) is 4.86. The van der Waals surface area contributed by atoms with Gasteiger partial charge in [0.1, 0.15) is 0 Å². The summed E-state index contributed by atoms with van der Waals surface area (Å²) in [5.41, 5.74) is 1.26. The monoisotopic (exact) mass is 400 g/mol. The smallest absolute Gasteiger partial charge is 0.257 e. The van der Waals surface area contributed by atoms with Gasteiger partial charge < -0.3 is 10.2 Å². The van der Waals surface area contributed by atoms with E-state index in [2.05, 4.69) is 27.4 Å². The lowest BCUT2D eigenvalue weighted by Crippen LogP contribution is -2.36. The molecular weight excluding hydrogens is 372 g/mol. The van der Waals surface area contributed by atoms with Crippen LogP contribution < -0.4 is 10.6 Å². The molecule has 2 heterocycles. The molecule has 1 aromatic heterocycles. The summed E-state index contributed by atoms with van der Waals surface area (Å²) >= 11 is 1.33. The molecule has 2 N–H and O–H groups in total. The lowest BCUT2D eigenvalue weighted by molar-refractivity contribution is -0.120. The first-order valence-corrected chi connectivity index (χ1v) is 10.8. The maximum absolute atomic E-state index is 12.1. The minimum Gasteiger partial charge on any atom is -0.356 e. The minimum absolute atomic E-state index is 0.0294. The number of amides is 2. The van der Waals surface area contributed by atoms with Gasteiger partial charge in [-0.05, 0) is 50.4 Å². The number of hydrogen-bond acceptors (Lipinski definition) is 5. The van der Waals surface area contributed by atoms with Crippen LogP contribution in [0.15, 0.2) is 35.7 Å². The van der Waals surface area contributed by atoms with Crippen LogP contribution in [0.4, 0.5) is 5.13 Å². The summed E-state index contributed by atoms with van der Waals surface area (Å²) in [6, 6.07) is 9.00. The Morgan fingerprint density at radius 1 is 1.29 bits per heavy atom. The molecular formula is C21H28N4O2S. The number of carbonyl (C=O) groups excluding carboxylic acids is 2. The molecule has 1 saturated heterocycles. The summed E-state index contributed by atoms with van der Waals surface area (Å²) in [4.78, 5) is 31.1. The van der Waals surface area contributed by atoms with Crippen molar-refractivity contribution >= 4 is 28.3 Å². The average Bonchev–Trinajstić information content (AvgIpc) is 3.12. The molecule has 7 heteroatoms. The minimum atomic E-state index is -0.196. The second kappa shape index (κ2) is 10.3. The Morgan fingerprint density at radius 2 is 2.11 bits per heavy atom. The second-order valence-electron chi connectivity index (χ2n) is 7.39. The number of hydrogen-bond donors (Lipinski definition) is 2. The summed E-state index contributed by atoms with van der Waals surface area (Å²) in [7, 11) is 0. The maximum atomic E-state index is 12.1. The highest BCUT2D eigenvalue weighted by Gasteiger charge is 2.15. The van der Waals surface area contributed by atoms with Gasteiger partial charge in [-0.2, -0.15) is 0 Å². The number of anilines is 1. The molecule has 2 aromatic rings. The highest BCUT2D eigenvalue weighted by molar-refractivity contribution is 7.14. The van der Waals surface area contributed by atoms with Crippen LogP contribution >= 0.6 is 11.3 Å². The second-order valence-corrected chi connectivity index (χ2v) is 8.25. The number of piperidine rings is 1. The fourth-order valence-electron chi connectivity index (χ4n) is 3.45. The molecule has 0 saturated carbocycles. The molecule has 3 rings (SSSR count). The summed E-state index contributed by atoms with van der Waals surface area (Å²) in [6.45, 7) is 6.37. The van der Waals surface area contributed by atoms with Crippen molar-refractivity contribution in [3.8, 4) is 0 Å². The molecule has 1 aliphatic heterocycles. The quantitative estimate of drug-likeness (QED) is 0.668. The summed E-state index contributed by atoms with van der Waals surface area (Å²) in [6.07, 6.45) is 3.81. The maximum Gasteiger partial charge on any atom is 0.257 e. The fourth-order valence-corrected chi connectivity index (χ4v) is 4.16. The Labute approximate surface area is 170 Å². The van der Waals surface area contributed by atoms with E-state index in [1.807, 2.05) is 23.6 Å². The van der Waals surface area contributed by atoms with Crippen LogP contribution in [0.1, 0.15) is 42.2 Å².